The van der Waals surface area contributed by atoms with Gasteiger partial charge in [-0.2, -0.15) is 0 Å². The Kier molecular flexibility index (Phi) is 4.28. The fraction of sp³-hybridized carbons (Fsp3) is 0.929. The van der Waals surface area contributed by atoms with Gasteiger partial charge < -0.3 is 15.3 Å². The largest absolute Gasteiger partial charge is 0.480 e. The van der Waals surface area contributed by atoms with Crippen LogP contribution in [0.2, 0.25) is 0 Å². The number of piperidine rings is 1. The van der Waals surface area contributed by atoms with Crippen molar-refractivity contribution in [2.45, 2.75) is 57.0 Å². The van der Waals surface area contributed by atoms with Crippen molar-refractivity contribution in [2.24, 2.45) is 5.92 Å². The van der Waals surface area contributed by atoms with Crippen LogP contribution in [-0.2, 0) is 4.79 Å². The maximum atomic E-state index is 11.5. The lowest BCUT2D eigenvalue weighted by atomic mass is 9.78. The number of hydrogen-bond acceptors (Lipinski definition) is 3. The first-order valence-corrected chi connectivity index (χ1v) is 7.24. The van der Waals surface area contributed by atoms with E-state index in [9.17, 15) is 9.90 Å². The van der Waals surface area contributed by atoms with Crippen LogP contribution in [0.25, 0.3) is 0 Å². The second-order valence-electron chi connectivity index (χ2n) is 6.13. The first-order valence-electron chi connectivity index (χ1n) is 7.24. The van der Waals surface area contributed by atoms with E-state index in [0.717, 1.165) is 44.7 Å². The van der Waals surface area contributed by atoms with E-state index in [1.54, 1.807) is 7.05 Å². The molecular formula is C14H26N2O2. The minimum Gasteiger partial charge on any atom is -0.480 e. The van der Waals surface area contributed by atoms with Gasteiger partial charge in [0.15, 0.2) is 0 Å². The average Bonchev–Trinajstić information content (AvgIpc) is 2.38. The minimum absolute atomic E-state index is 0.449. The van der Waals surface area contributed by atoms with E-state index in [2.05, 4.69) is 17.1 Å². The van der Waals surface area contributed by atoms with Gasteiger partial charge in [0.25, 0.3) is 0 Å². The van der Waals surface area contributed by atoms with Gasteiger partial charge in [0.2, 0.25) is 0 Å². The van der Waals surface area contributed by atoms with Gasteiger partial charge in [-0.15, -0.1) is 0 Å². The zero-order valence-corrected chi connectivity index (χ0v) is 11.6. The Morgan fingerprint density at radius 1 is 1.39 bits per heavy atom. The Balaban J connectivity index is 2.03. The van der Waals surface area contributed by atoms with Crippen LogP contribution in [0.4, 0.5) is 0 Å². The molecule has 3 atom stereocenters. The highest BCUT2D eigenvalue weighted by atomic mass is 16.4. The Morgan fingerprint density at radius 2 is 2.17 bits per heavy atom. The monoisotopic (exact) mass is 254 g/mol. The summed E-state index contributed by atoms with van der Waals surface area (Å²) in [5.74, 6) is 0.0780. The zero-order valence-electron chi connectivity index (χ0n) is 11.6. The molecule has 2 N–H and O–H groups in total. The molecule has 0 spiro atoms. The highest BCUT2D eigenvalue weighted by molar-refractivity contribution is 5.79. The van der Waals surface area contributed by atoms with Crippen molar-refractivity contribution in [3.8, 4) is 0 Å². The van der Waals surface area contributed by atoms with E-state index in [4.69, 9.17) is 0 Å². The molecule has 1 aliphatic heterocycles. The number of likely N-dealkylation sites (N-methyl/N-ethyl adjacent to an activating group) is 1. The molecule has 0 aromatic rings. The summed E-state index contributed by atoms with van der Waals surface area (Å²) < 4.78 is 0. The van der Waals surface area contributed by atoms with Crippen molar-refractivity contribution >= 4 is 5.97 Å². The van der Waals surface area contributed by atoms with Gasteiger partial charge in [0, 0.05) is 12.6 Å². The van der Waals surface area contributed by atoms with Crippen LogP contribution in [-0.4, -0.2) is 47.7 Å². The summed E-state index contributed by atoms with van der Waals surface area (Å²) in [6.45, 7) is 4.59. The summed E-state index contributed by atoms with van der Waals surface area (Å²) >= 11 is 0. The Bertz CT molecular complexity index is 308. The predicted molar refractivity (Wildman–Crippen MR) is 71.7 cm³/mol. The standard InChI is InChI=1S/C14H26N2O2/c1-11-5-4-8-16(10-11)12-6-3-7-14(9-12,15-2)13(17)18/h11-12,15H,3-10H2,1-2H3,(H,17,18). The number of carboxylic acid groups (broad SMARTS) is 1. The topological polar surface area (TPSA) is 52.6 Å². The third-order valence-electron chi connectivity index (χ3n) is 4.82. The van der Waals surface area contributed by atoms with E-state index in [1.165, 1.54) is 12.8 Å². The molecule has 104 valence electrons. The number of aliphatic carboxylic acids is 1. The number of nitrogens with one attached hydrogen (secondary N) is 1. The number of hydrogen-bond donors (Lipinski definition) is 2. The first kappa shape index (κ1) is 13.8. The van der Waals surface area contributed by atoms with Gasteiger partial charge in [0.05, 0.1) is 0 Å². The number of likely N-dealkylation sites (tertiary alicyclic amines) is 1. The average molecular weight is 254 g/mol. The third kappa shape index (κ3) is 2.69. The zero-order chi connectivity index (χ0) is 13.2. The summed E-state index contributed by atoms with van der Waals surface area (Å²) in [6.07, 6.45) is 6.27. The van der Waals surface area contributed by atoms with Gasteiger partial charge in [0.1, 0.15) is 5.54 Å². The fourth-order valence-electron chi connectivity index (χ4n) is 3.64. The molecular weight excluding hydrogens is 228 g/mol. The van der Waals surface area contributed by atoms with Gasteiger partial charge in [-0.05, 0) is 58.0 Å². The summed E-state index contributed by atoms with van der Waals surface area (Å²) in [4.78, 5) is 14.0. The molecule has 0 radical (unpaired) electrons. The molecule has 1 saturated heterocycles. The van der Waals surface area contributed by atoms with Crippen LogP contribution in [0.15, 0.2) is 0 Å². The molecule has 2 aliphatic rings. The van der Waals surface area contributed by atoms with E-state index >= 15 is 0 Å². The molecule has 0 aromatic carbocycles. The van der Waals surface area contributed by atoms with Gasteiger partial charge in [-0.1, -0.05) is 6.92 Å². The van der Waals surface area contributed by atoms with E-state index in [1.807, 2.05) is 0 Å². The lowest BCUT2D eigenvalue weighted by molar-refractivity contribution is -0.147. The highest BCUT2D eigenvalue weighted by Crippen LogP contribution is 2.33. The Hall–Kier alpha value is -0.610. The molecule has 0 bridgehead atoms. The number of carboxylic acids is 1. The molecule has 2 rings (SSSR count). The van der Waals surface area contributed by atoms with E-state index in [0.29, 0.717) is 6.04 Å². The molecule has 4 nitrogen and oxygen atoms in total. The number of nitrogens with zero attached hydrogens (tertiary/aromatic N) is 1. The number of rotatable bonds is 3. The molecule has 1 aliphatic carbocycles. The summed E-state index contributed by atoms with van der Waals surface area (Å²) in [5.41, 5.74) is -0.691. The Labute approximate surface area is 110 Å². The molecule has 0 amide bonds. The summed E-state index contributed by atoms with van der Waals surface area (Å²) in [6, 6.07) is 0.449. The van der Waals surface area contributed by atoms with Crippen LogP contribution >= 0.6 is 0 Å². The normalized spacial score (nSPS) is 38.6. The molecule has 4 heteroatoms. The quantitative estimate of drug-likeness (QED) is 0.805. The maximum absolute atomic E-state index is 11.5. The van der Waals surface area contributed by atoms with Crippen molar-refractivity contribution in [1.29, 1.82) is 0 Å². The van der Waals surface area contributed by atoms with Crippen LogP contribution in [0.3, 0.4) is 0 Å². The molecule has 2 fully saturated rings. The van der Waals surface area contributed by atoms with Crippen LogP contribution < -0.4 is 5.32 Å². The Morgan fingerprint density at radius 3 is 2.78 bits per heavy atom. The van der Waals surface area contributed by atoms with E-state index < -0.39 is 11.5 Å². The van der Waals surface area contributed by atoms with Crippen molar-refractivity contribution in [3.05, 3.63) is 0 Å². The molecule has 3 unspecified atom stereocenters. The lowest BCUT2D eigenvalue weighted by Crippen LogP contribution is -2.58. The SMILES string of the molecule is CNC1(C(=O)O)CCCC(N2CCCC(C)C2)C1. The van der Waals surface area contributed by atoms with Crippen molar-refractivity contribution in [3.63, 3.8) is 0 Å². The van der Waals surface area contributed by atoms with Crippen molar-refractivity contribution in [2.75, 3.05) is 20.1 Å². The summed E-state index contributed by atoms with van der Waals surface area (Å²) in [5, 5.41) is 12.5. The minimum atomic E-state index is -0.691. The molecule has 1 heterocycles. The van der Waals surface area contributed by atoms with Crippen molar-refractivity contribution < 1.29 is 9.90 Å². The first-order chi connectivity index (χ1) is 8.57. The summed E-state index contributed by atoms with van der Waals surface area (Å²) in [7, 11) is 1.79. The lowest BCUT2D eigenvalue weighted by Gasteiger charge is -2.44. The van der Waals surface area contributed by atoms with Crippen molar-refractivity contribution in [1.82, 2.24) is 10.2 Å². The second-order valence-corrected chi connectivity index (χ2v) is 6.13. The van der Waals surface area contributed by atoms with Crippen LogP contribution in [0, 0.1) is 5.92 Å². The van der Waals surface area contributed by atoms with Gasteiger partial charge in [-0.3, -0.25) is 4.79 Å². The third-order valence-corrected chi connectivity index (χ3v) is 4.82. The molecule has 18 heavy (non-hydrogen) atoms. The number of carbonyl (C=O) groups is 1. The fourth-order valence-corrected chi connectivity index (χ4v) is 3.64. The molecule has 0 aromatic heterocycles. The second kappa shape index (κ2) is 5.57. The van der Waals surface area contributed by atoms with Crippen LogP contribution in [0.5, 0.6) is 0 Å². The van der Waals surface area contributed by atoms with Gasteiger partial charge >= 0.3 is 5.97 Å². The molecule has 1 saturated carbocycles. The smallest absolute Gasteiger partial charge is 0.323 e. The maximum Gasteiger partial charge on any atom is 0.323 e. The van der Waals surface area contributed by atoms with Crippen LogP contribution in [0.1, 0.15) is 45.4 Å². The predicted octanol–water partition coefficient (Wildman–Crippen LogP) is 1.70. The van der Waals surface area contributed by atoms with Gasteiger partial charge in [-0.25, -0.2) is 0 Å². The van der Waals surface area contributed by atoms with E-state index in [-0.39, 0.29) is 0 Å². The highest BCUT2D eigenvalue weighted by Gasteiger charge is 2.43.